The third-order valence-electron chi connectivity index (χ3n) is 2.08. The Bertz CT molecular complexity index is 501. The summed E-state index contributed by atoms with van der Waals surface area (Å²) >= 11 is 0. The van der Waals surface area contributed by atoms with E-state index in [1.165, 1.54) is 0 Å². The van der Waals surface area contributed by atoms with Gasteiger partial charge in [0.2, 0.25) is 9.84 Å². The Morgan fingerprint density at radius 2 is 1.80 bits per heavy atom. The Labute approximate surface area is 90.9 Å². The van der Waals surface area contributed by atoms with E-state index in [1.807, 2.05) is 6.92 Å². The van der Waals surface area contributed by atoms with Crippen molar-refractivity contribution >= 4 is 9.84 Å². The fourth-order valence-corrected chi connectivity index (χ4v) is 2.30. The molecule has 0 atom stereocenters. The van der Waals surface area contributed by atoms with Gasteiger partial charge in [-0.2, -0.15) is 0 Å². The number of hydrogen-bond acceptors (Lipinski definition) is 2. The summed E-state index contributed by atoms with van der Waals surface area (Å²) < 4.78 is 23.8. The maximum Gasteiger partial charge on any atom is 0.209 e. The summed E-state index contributed by atoms with van der Waals surface area (Å²) in [6, 6.07) is 6.81. The minimum absolute atomic E-state index is 0.244. The van der Waals surface area contributed by atoms with Crippen LogP contribution in [-0.4, -0.2) is 8.42 Å². The van der Waals surface area contributed by atoms with Crippen LogP contribution in [0.3, 0.4) is 0 Å². The average Bonchev–Trinajstić information content (AvgIpc) is 2.18. The minimum atomic E-state index is -3.34. The van der Waals surface area contributed by atoms with Crippen LogP contribution < -0.4 is 0 Å². The Balaban J connectivity index is 3.30. The van der Waals surface area contributed by atoms with E-state index in [4.69, 9.17) is 0 Å². The Morgan fingerprint density at radius 3 is 2.27 bits per heavy atom. The molecule has 15 heavy (non-hydrogen) atoms. The molecule has 1 rings (SSSR count). The molecule has 0 unspecified atom stereocenters. The second kappa shape index (κ2) is 4.47. The van der Waals surface area contributed by atoms with Gasteiger partial charge in [-0.3, -0.25) is 0 Å². The van der Waals surface area contributed by atoms with Crippen LogP contribution in [0.15, 0.2) is 45.9 Å². The number of hydrogen-bond donors (Lipinski definition) is 0. The monoisotopic (exact) mass is 222 g/mol. The molecule has 0 bridgehead atoms. The first-order valence-corrected chi connectivity index (χ1v) is 6.16. The fourth-order valence-electron chi connectivity index (χ4n) is 1.18. The average molecular weight is 222 g/mol. The van der Waals surface area contributed by atoms with Gasteiger partial charge >= 0.3 is 0 Å². The molecule has 0 saturated carbocycles. The zero-order valence-electron chi connectivity index (χ0n) is 9.11. The van der Waals surface area contributed by atoms with Crippen molar-refractivity contribution in [2.24, 2.45) is 0 Å². The molecule has 0 heterocycles. The van der Waals surface area contributed by atoms with E-state index in [2.05, 4.69) is 5.73 Å². The third kappa shape index (κ3) is 2.58. The number of aryl methyl sites for hydroxylation is 1. The van der Waals surface area contributed by atoms with E-state index in [0.29, 0.717) is 4.90 Å². The predicted octanol–water partition coefficient (Wildman–Crippen LogP) is 2.85. The molecular weight excluding hydrogens is 208 g/mol. The summed E-state index contributed by atoms with van der Waals surface area (Å²) in [6.07, 6.45) is 1.60. The Morgan fingerprint density at radius 1 is 1.27 bits per heavy atom. The highest BCUT2D eigenvalue weighted by atomic mass is 32.2. The highest BCUT2D eigenvalue weighted by Crippen LogP contribution is 2.18. The van der Waals surface area contributed by atoms with E-state index in [0.717, 1.165) is 5.56 Å². The van der Waals surface area contributed by atoms with Gasteiger partial charge in [0.1, 0.15) is 0 Å². The molecule has 2 nitrogen and oxygen atoms in total. The lowest BCUT2D eigenvalue weighted by Gasteiger charge is -2.02. The molecule has 1 aromatic carbocycles. The largest absolute Gasteiger partial charge is 0.218 e. The normalized spacial score (nSPS) is 10.6. The minimum Gasteiger partial charge on any atom is -0.218 e. The molecule has 0 saturated heterocycles. The fraction of sp³-hybridized carbons (Fsp3) is 0.250. The molecule has 0 aliphatic heterocycles. The molecule has 0 aromatic heterocycles. The third-order valence-corrected chi connectivity index (χ3v) is 3.90. The molecule has 80 valence electrons. The van der Waals surface area contributed by atoms with Crippen molar-refractivity contribution in [1.82, 2.24) is 0 Å². The topological polar surface area (TPSA) is 34.1 Å². The van der Waals surface area contributed by atoms with Gasteiger partial charge in [-0.05, 0) is 39.0 Å². The summed E-state index contributed by atoms with van der Waals surface area (Å²) in [5, 5.41) is 0. The van der Waals surface area contributed by atoms with Gasteiger partial charge in [0.25, 0.3) is 0 Å². The number of allylic oxidation sites excluding steroid dienone is 1. The van der Waals surface area contributed by atoms with Crippen molar-refractivity contribution in [2.45, 2.75) is 25.7 Å². The van der Waals surface area contributed by atoms with Crippen molar-refractivity contribution in [3.8, 4) is 0 Å². The van der Waals surface area contributed by atoms with Gasteiger partial charge < -0.3 is 0 Å². The smallest absolute Gasteiger partial charge is 0.209 e. The van der Waals surface area contributed by atoms with E-state index in [-0.39, 0.29) is 4.91 Å². The van der Waals surface area contributed by atoms with Crippen LogP contribution in [-0.2, 0) is 9.84 Å². The number of rotatable bonds is 2. The second-order valence-corrected chi connectivity index (χ2v) is 5.40. The molecule has 1 aromatic rings. The molecular formula is C12H14O2S. The molecule has 0 N–H and O–H groups in total. The van der Waals surface area contributed by atoms with Crippen LogP contribution in [0.2, 0.25) is 0 Å². The van der Waals surface area contributed by atoms with Crippen molar-refractivity contribution < 1.29 is 8.42 Å². The van der Waals surface area contributed by atoms with Gasteiger partial charge in [0.15, 0.2) is 0 Å². The van der Waals surface area contributed by atoms with Crippen LogP contribution in [0.25, 0.3) is 0 Å². The van der Waals surface area contributed by atoms with E-state index < -0.39 is 9.84 Å². The quantitative estimate of drug-likeness (QED) is 0.721. The molecule has 0 spiro atoms. The van der Waals surface area contributed by atoms with Gasteiger partial charge in [-0.15, -0.1) is 5.73 Å². The van der Waals surface area contributed by atoms with Crippen molar-refractivity contribution in [3.63, 3.8) is 0 Å². The predicted molar refractivity (Wildman–Crippen MR) is 61.3 cm³/mol. The molecule has 0 amide bonds. The van der Waals surface area contributed by atoms with Gasteiger partial charge in [0.05, 0.1) is 9.80 Å². The number of sulfone groups is 1. The SMILES string of the molecule is CC=C=C(C)S(=O)(=O)c1ccc(C)cc1. The van der Waals surface area contributed by atoms with Crippen molar-refractivity contribution in [3.05, 3.63) is 46.5 Å². The first-order valence-electron chi connectivity index (χ1n) is 4.68. The molecule has 0 radical (unpaired) electrons. The lowest BCUT2D eigenvalue weighted by molar-refractivity contribution is 0.602. The first kappa shape index (κ1) is 11.8. The van der Waals surface area contributed by atoms with Gasteiger partial charge in [-0.1, -0.05) is 17.7 Å². The summed E-state index contributed by atoms with van der Waals surface area (Å²) in [6.45, 7) is 5.22. The Hall–Kier alpha value is -1.31. The highest BCUT2D eigenvalue weighted by Gasteiger charge is 2.15. The van der Waals surface area contributed by atoms with E-state index in [9.17, 15) is 8.42 Å². The van der Waals surface area contributed by atoms with Gasteiger partial charge in [-0.25, -0.2) is 8.42 Å². The molecule has 0 aliphatic rings. The maximum atomic E-state index is 11.9. The zero-order chi connectivity index (χ0) is 11.5. The lowest BCUT2D eigenvalue weighted by Crippen LogP contribution is -2.01. The molecule has 0 aliphatic carbocycles. The second-order valence-electron chi connectivity index (χ2n) is 3.31. The maximum absolute atomic E-state index is 11.9. The summed E-state index contributed by atoms with van der Waals surface area (Å²) in [4.78, 5) is 0.564. The molecule has 0 fully saturated rings. The van der Waals surface area contributed by atoms with E-state index in [1.54, 1.807) is 44.2 Å². The highest BCUT2D eigenvalue weighted by molar-refractivity contribution is 7.95. The van der Waals surface area contributed by atoms with Crippen LogP contribution >= 0.6 is 0 Å². The van der Waals surface area contributed by atoms with Crippen molar-refractivity contribution in [2.75, 3.05) is 0 Å². The van der Waals surface area contributed by atoms with Crippen LogP contribution in [0.4, 0.5) is 0 Å². The first-order chi connectivity index (χ1) is 6.98. The van der Waals surface area contributed by atoms with Crippen molar-refractivity contribution in [1.29, 1.82) is 0 Å². The summed E-state index contributed by atoms with van der Waals surface area (Å²) in [5.41, 5.74) is 3.75. The van der Waals surface area contributed by atoms with E-state index >= 15 is 0 Å². The lowest BCUT2D eigenvalue weighted by atomic mass is 10.2. The van der Waals surface area contributed by atoms with Crippen LogP contribution in [0.1, 0.15) is 19.4 Å². The van der Waals surface area contributed by atoms with Crippen LogP contribution in [0, 0.1) is 6.92 Å². The standard InChI is InChI=1S/C12H14O2S/c1-4-5-11(3)15(13,14)12-8-6-10(2)7-9-12/h4,6-9H,1-3H3. The Kier molecular flexibility index (Phi) is 3.51. The van der Waals surface area contributed by atoms with Crippen LogP contribution in [0.5, 0.6) is 0 Å². The zero-order valence-corrected chi connectivity index (χ0v) is 9.93. The summed E-state index contributed by atoms with van der Waals surface area (Å²) in [7, 11) is -3.34. The number of benzene rings is 1. The van der Waals surface area contributed by atoms with Gasteiger partial charge in [0, 0.05) is 0 Å². The molecule has 3 heteroatoms. The summed E-state index contributed by atoms with van der Waals surface area (Å²) in [5.74, 6) is 0.